The first-order valence-corrected chi connectivity index (χ1v) is 10.3. The zero-order chi connectivity index (χ0) is 25.6. The first-order valence-electron chi connectivity index (χ1n) is 10.3. The monoisotopic (exact) mass is 490 g/mol. The number of aromatic nitrogens is 3. The van der Waals surface area contributed by atoms with Gasteiger partial charge in [0.25, 0.3) is 5.91 Å². The molecule has 3 heterocycles. The number of hydrogen-bond acceptors (Lipinski definition) is 6. The normalized spacial score (nSPS) is 12.5. The van der Waals surface area contributed by atoms with Gasteiger partial charge in [0.15, 0.2) is 0 Å². The molecule has 1 aromatic carbocycles. The van der Waals surface area contributed by atoms with Crippen LogP contribution >= 0.6 is 0 Å². The van der Waals surface area contributed by atoms with Gasteiger partial charge < -0.3 is 26.0 Å². The number of aliphatic carboxylic acids is 1. The summed E-state index contributed by atoms with van der Waals surface area (Å²) in [6, 6.07) is 11.2. The molecule has 0 saturated heterocycles. The number of hydrogen-bond donors (Lipinski definition) is 5. The number of H-pyrrole nitrogens is 1. The number of anilines is 2. The number of benzene rings is 1. The highest BCUT2D eigenvalue weighted by Gasteiger charge is 2.38. The van der Waals surface area contributed by atoms with Gasteiger partial charge in [-0.2, -0.15) is 13.2 Å². The van der Waals surface area contributed by atoms with Gasteiger partial charge in [0, 0.05) is 44.0 Å². The van der Waals surface area contributed by atoms with Crippen molar-refractivity contribution in [2.24, 2.45) is 0 Å². The number of carbonyl (C=O) groups is 3. The molecule has 2 amide bonds. The van der Waals surface area contributed by atoms with E-state index in [2.05, 4.69) is 30.9 Å². The number of carboxylic acid groups (broad SMARTS) is 1. The van der Waals surface area contributed by atoms with Gasteiger partial charge in [-0.1, -0.05) is 12.1 Å². The number of amides is 2. The first kappa shape index (κ1) is 25.2. The Bertz CT molecular complexity index is 1220. The van der Waals surface area contributed by atoms with Crippen LogP contribution in [0.15, 0.2) is 42.6 Å². The number of carboxylic acids is 1. The topological polar surface area (TPSA) is 149 Å². The highest BCUT2D eigenvalue weighted by molar-refractivity contribution is 5.97. The summed E-state index contributed by atoms with van der Waals surface area (Å²) in [6.45, 7) is 2.67. The number of carbonyl (C=O) groups excluding carboxylic acids is 2. The van der Waals surface area contributed by atoms with Crippen LogP contribution in [0.1, 0.15) is 28.5 Å². The van der Waals surface area contributed by atoms with Gasteiger partial charge in [-0.3, -0.25) is 9.59 Å². The minimum absolute atomic E-state index is 0.0566. The first-order chi connectivity index (χ1) is 16.5. The van der Waals surface area contributed by atoms with Crippen molar-refractivity contribution in [2.45, 2.75) is 26.1 Å². The number of fused-ring (bicyclic) bond motifs is 1. The van der Waals surface area contributed by atoms with Crippen molar-refractivity contribution >= 4 is 29.4 Å². The lowest BCUT2D eigenvalue weighted by Gasteiger charge is -2.10. The van der Waals surface area contributed by atoms with E-state index in [1.807, 2.05) is 36.4 Å². The minimum Gasteiger partial charge on any atom is -0.475 e. The van der Waals surface area contributed by atoms with Crippen LogP contribution in [0.5, 0.6) is 0 Å². The van der Waals surface area contributed by atoms with E-state index in [-0.39, 0.29) is 11.8 Å². The average molecular weight is 490 g/mol. The second-order valence-electron chi connectivity index (χ2n) is 7.38. The van der Waals surface area contributed by atoms with Gasteiger partial charge in [0.05, 0.1) is 17.0 Å². The fourth-order valence-corrected chi connectivity index (χ4v) is 3.12. The van der Waals surface area contributed by atoms with E-state index in [1.165, 1.54) is 6.92 Å². The van der Waals surface area contributed by atoms with Crippen LogP contribution in [0, 0.1) is 0 Å². The van der Waals surface area contributed by atoms with Crippen LogP contribution in [-0.4, -0.2) is 50.6 Å². The maximum absolute atomic E-state index is 11.9. The summed E-state index contributed by atoms with van der Waals surface area (Å²) in [4.78, 5) is 44.0. The summed E-state index contributed by atoms with van der Waals surface area (Å²) in [6.07, 6.45) is -2.61. The lowest BCUT2D eigenvalue weighted by Crippen LogP contribution is -2.31. The van der Waals surface area contributed by atoms with E-state index >= 15 is 0 Å². The van der Waals surface area contributed by atoms with Crippen molar-refractivity contribution in [1.29, 1.82) is 0 Å². The Morgan fingerprint density at radius 2 is 1.86 bits per heavy atom. The van der Waals surface area contributed by atoms with E-state index in [0.29, 0.717) is 24.6 Å². The Morgan fingerprint density at radius 3 is 2.46 bits per heavy atom. The molecule has 0 fully saturated rings. The summed E-state index contributed by atoms with van der Waals surface area (Å²) in [5.74, 6) is -2.41. The fourth-order valence-electron chi connectivity index (χ4n) is 3.12. The molecule has 1 aliphatic rings. The van der Waals surface area contributed by atoms with E-state index in [0.717, 1.165) is 34.8 Å². The maximum atomic E-state index is 11.9. The third-order valence-electron chi connectivity index (χ3n) is 4.70. The molecule has 13 heteroatoms. The molecular weight excluding hydrogens is 469 g/mol. The number of rotatable bonds is 5. The van der Waals surface area contributed by atoms with Gasteiger partial charge >= 0.3 is 12.1 Å². The molecule has 5 N–H and O–H groups in total. The molecule has 0 spiro atoms. The molecule has 35 heavy (non-hydrogen) atoms. The molecule has 0 atom stereocenters. The molecule has 0 aliphatic carbocycles. The Hall–Kier alpha value is -4.42. The standard InChI is InChI=1S/C20H20N6O2.C2HF3O2/c1-12(27)24-14-4-2-13(3-5-14)11-23-20-22-9-7-17(26-20)18-10-15-16(25-18)6-8-21-19(15)28;3-2(4,5)1(6)7/h2-5,7,9-10,25H,6,8,11H2,1H3,(H,21,28)(H,24,27)(H,22,23,26);(H,6,7). The average Bonchev–Trinajstić information content (AvgIpc) is 3.24. The van der Waals surface area contributed by atoms with Crippen LogP contribution < -0.4 is 16.0 Å². The lowest BCUT2D eigenvalue weighted by atomic mass is 10.1. The number of nitrogens with zero attached hydrogens (tertiary/aromatic N) is 2. The number of halogens is 3. The van der Waals surface area contributed by atoms with E-state index in [1.54, 1.807) is 6.20 Å². The predicted molar refractivity (Wildman–Crippen MR) is 120 cm³/mol. The maximum Gasteiger partial charge on any atom is 0.490 e. The SMILES string of the molecule is CC(=O)Nc1ccc(CNc2nccc(-c3cc4c([nH]3)CCNC4=O)n2)cc1.O=C(O)C(F)(F)F. The van der Waals surface area contributed by atoms with Gasteiger partial charge in [-0.05, 0) is 29.8 Å². The van der Waals surface area contributed by atoms with Gasteiger partial charge in [-0.25, -0.2) is 14.8 Å². The summed E-state index contributed by atoms with van der Waals surface area (Å²) < 4.78 is 31.7. The zero-order valence-corrected chi connectivity index (χ0v) is 18.4. The van der Waals surface area contributed by atoms with Crippen molar-refractivity contribution < 1.29 is 32.7 Å². The van der Waals surface area contributed by atoms with Crippen LogP contribution in [-0.2, 0) is 22.6 Å². The van der Waals surface area contributed by atoms with Crippen molar-refractivity contribution in [1.82, 2.24) is 20.3 Å². The molecule has 2 aromatic heterocycles. The molecule has 4 rings (SSSR count). The lowest BCUT2D eigenvalue weighted by molar-refractivity contribution is -0.192. The molecule has 0 saturated carbocycles. The second-order valence-corrected chi connectivity index (χ2v) is 7.38. The molecule has 0 bridgehead atoms. The second kappa shape index (κ2) is 10.7. The summed E-state index contributed by atoms with van der Waals surface area (Å²) >= 11 is 0. The summed E-state index contributed by atoms with van der Waals surface area (Å²) in [7, 11) is 0. The highest BCUT2D eigenvalue weighted by atomic mass is 19.4. The van der Waals surface area contributed by atoms with Gasteiger partial charge in [-0.15, -0.1) is 0 Å². The van der Waals surface area contributed by atoms with Crippen molar-refractivity contribution in [3.05, 3.63) is 59.4 Å². The largest absolute Gasteiger partial charge is 0.490 e. The summed E-state index contributed by atoms with van der Waals surface area (Å²) in [5, 5.41) is 15.9. The molecule has 184 valence electrons. The van der Waals surface area contributed by atoms with E-state index < -0.39 is 12.1 Å². The Balaban J connectivity index is 0.000000429. The van der Waals surface area contributed by atoms with Crippen molar-refractivity contribution in [3.63, 3.8) is 0 Å². The number of alkyl halides is 3. The van der Waals surface area contributed by atoms with Crippen molar-refractivity contribution in [3.8, 4) is 11.4 Å². The third kappa shape index (κ3) is 7.03. The molecule has 1 aliphatic heterocycles. The third-order valence-corrected chi connectivity index (χ3v) is 4.70. The van der Waals surface area contributed by atoms with Crippen LogP contribution in [0.25, 0.3) is 11.4 Å². The Labute approximate surface area is 197 Å². The predicted octanol–water partition coefficient (Wildman–Crippen LogP) is 2.96. The van der Waals surface area contributed by atoms with Crippen LogP contribution in [0.4, 0.5) is 24.8 Å². The van der Waals surface area contributed by atoms with E-state index in [4.69, 9.17) is 9.90 Å². The quantitative estimate of drug-likeness (QED) is 0.369. The van der Waals surface area contributed by atoms with E-state index in [9.17, 15) is 22.8 Å². The zero-order valence-electron chi connectivity index (χ0n) is 18.4. The number of nitrogens with one attached hydrogen (secondary N) is 4. The highest BCUT2D eigenvalue weighted by Crippen LogP contribution is 2.23. The molecule has 10 nitrogen and oxygen atoms in total. The van der Waals surface area contributed by atoms with Gasteiger partial charge in [0.1, 0.15) is 0 Å². The minimum atomic E-state index is -5.08. The molecule has 3 aromatic rings. The molecular formula is C22H21F3N6O4. The van der Waals surface area contributed by atoms with Gasteiger partial charge in [0.2, 0.25) is 11.9 Å². The van der Waals surface area contributed by atoms with Crippen LogP contribution in [0.3, 0.4) is 0 Å². The molecule has 0 unspecified atom stereocenters. The molecule has 0 radical (unpaired) electrons. The smallest absolute Gasteiger partial charge is 0.475 e. The van der Waals surface area contributed by atoms with Crippen LogP contribution in [0.2, 0.25) is 0 Å². The summed E-state index contributed by atoms with van der Waals surface area (Å²) in [5.41, 5.74) is 4.93. The fraction of sp³-hybridized carbons (Fsp3) is 0.227. The number of aromatic amines is 1. The Morgan fingerprint density at radius 1 is 1.17 bits per heavy atom. The van der Waals surface area contributed by atoms with Crippen molar-refractivity contribution in [2.75, 3.05) is 17.2 Å². The Kier molecular flexibility index (Phi) is 7.69.